The van der Waals surface area contributed by atoms with Crippen LogP contribution in [0.15, 0.2) is 28.9 Å². The summed E-state index contributed by atoms with van der Waals surface area (Å²) < 4.78 is 6.96. The number of nitrogens with one attached hydrogen (secondary N) is 1. The molecule has 142 valence electrons. The highest BCUT2D eigenvalue weighted by molar-refractivity contribution is 7.11. The predicted octanol–water partition coefficient (Wildman–Crippen LogP) is -0.473. The summed E-state index contributed by atoms with van der Waals surface area (Å²) in [5.74, 6) is 0.264. The van der Waals surface area contributed by atoms with E-state index >= 15 is 0 Å². The van der Waals surface area contributed by atoms with Crippen LogP contribution in [-0.2, 0) is 4.74 Å². The maximum Gasteiger partial charge on any atom is 0.247 e. The van der Waals surface area contributed by atoms with E-state index in [9.17, 15) is 15.3 Å². The molecule has 4 atom stereocenters. The van der Waals surface area contributed by atoms with Crippen LogP contribution in [-0.4, -0.2) is 66.0 Å². The highest BCUT2D eigenvalue weighted by Crippen LogP contribution is 2.32. The van der Waals surface area contributed by atoms with E-state index in [0.717, 1.165) is 4.88 Å². The lowest BCUT2D eigenvalue weighted by molar-refractivity contribution is -0.0511. The molecule has 27 heavy (non-hydrogen) atoms. The van der Waals surface area contributed by atoms with Gasteiger partial charge in [0.05, 0.1) is 19.1 Å². The Labute approximate surface area is 156 Å². The van der Waals surface area contributed by atoms with Crippen LogP contribution >= 0.6 is 11.3 Å². The Balaban J connectivity index is 1.64. The molecule has 11 nitrogen and oxygen atoms in total. The lowest BCUT2D eigenvalue weighted by Crippen LogP contribution is -2.33. The van der Waals surface area contributed by atoms with Gasteiger partial charge in [0, 0.05) is 4.88 Å². The number of nitrogens with two attached hydrogens (primary N) is 1. The van der Waals surface area contributed by atoms with Crippen LogP contribution in [0.2, 0.25) is 0 Å². The molecular formula is C15H17N7O4S. The summed E-state index contributed by atoms with van der Waals surface area (Å²) in [7, 11) is 0. The Kier molecular flexibility index (Phi) is 4.72. The van der Waals surface area contributed by atoms with Crippen molar-refractivity contribution in [3.63, 3.8) is 0 Å². The molecule has 0 saturated carbocycles. The summed E-state index contributed by atoms with van der Waals surface area (Å²) >= 11 is 1.53. The SMILES string of the molecule is Nc1nc(NN=Cc2cccs2)nc2c1ncn2[C@@H]1O[C@H](CO)[C@@H](O)[C@H]1O. The summed E-state index contributed by atoms with van der Waals surface area (Å²) in [6.45, 7) is -0.428. The topological polar surface area (TPSA) is 164 Å². The lowest BCUT2D eigenvalue weighted by Gasteiger charge is -2.16. The van der Waals surface area contributed by atoms with Gasteiger partial charge >= 0.3 is 0 Å². The third-order valence-electron chi connectivity index (χ3n) is 4.14. The molecule has 1 aliphatic rings. The number of nitrogen functional groups attached to an aromatic ring is 1. The van der Waals surface area contributed by atoms with Crippen molar-refractivity contribution in [1.82, 2.24) is 19.5 Å². The number of hydrogen-bond acceptors (Lipinski definition) is 11. The maximum atomic E-state index is 10.2. The number of ether oxygens (including phenoxy) is 1. The minimum atomic E-state index is -1.26. The molecule has 1 aliphatic heterocycles. The zero-order valence-corrected chi connectivity index (χ0v) is 14.7. The minimum absolute atomic E-state index is 0.124. The van der Waals surface area contributed by atoms with E-state index in [1.165, 1.54) is 22.2 Å². The van der Waals surface area contributed by atoms with Crippen molar-refractivity contribution in [2.75, 3.05) is 17.8 Å². The van der Waals surface area contributed by atoms with Crippen LogP contribution in [0.4, 0.5) is 11.8 Å². The summed E-state index contributed by atoms with van der Waals surface area (Å²) in [5.41, 5.74) is 9.26. The fourth-order valence-electron chi connectivity index (χ4n) is 2.80. The van der Waals surface area contributed by atoms with Crippen molar-refractivity contribution in [1.29, 1.82) is 0 Å². The average Bonchev–Trinajstić information content (AvgIpc) is 3.37. The van der Waals surface area contributed by atoms with E-state index in [0.29, 0.717) is 11.2 Å². The van der Waals surface area contributed by atoms with Gasteiger partial charge in [-0.2, -0.15) is 15.1 Å². The Morgan fingerprint density at radius 2 is 2.22 bits per heavy atom. The Morgan fingerprint density at radius 3 is 2.93 bits per heavy atom. The van der Waals surface area contributed by atoms with E-state index in [1.807, 2.05) is 17.5 Å². The van der Waals surface area contributed by atoms with E-state index in [1.54, 1.807) is 6.21 Å². The van der Waals surface area contributed by atoms with Gasteiger partial charge in [0.15, 0.2) is 17.7 Å². The number of thiophene rings is 1. The first-order valence-electron chi connectivity index (χ1n) is 8.03. The summed E-state index contributed by atoms with van der Waals surface area (Å²) in [6.07, 6.45) is -1.37. The van der Waals surface area contributed by atoms with Gasteiger partial charge in [0.1, 0.15) is 23.8 Å². The summed E-state index contributed by atoms with van der Waals surface area (Å²) in [6, 6.07) is 3.82. The number of hydrogen-bond donors (Lipinski definition) is 5. The minimum Gasteiger partial charge on any atom is -0.394 e. The van der Waals surface area contributed by atoms with E-state index in [2.05, 4.69) is 25.5 Å². The molecule has 0 radical (unpaired) electrons. The van der Waals surface area contributed by atoms with Crippen LogP contribution < -0.4 is 11.2 Å². The molecule has 0 bridgehead atoms. The van der Waals surface area contributed by atoms with Crippen molar-refractivity contribution in [2.45, 2.75) is 24.5 Å². The molecule has 0 aliphatic carbocycles. The number of aliphatic hydroxyl groups excluding tert-OH is 3. The van der Waals surface area contributed by atoms with Gasteiger partial charge in [-0.3, -0.25) is 4.57 Å². The first-order valence-corrected chi connectivity index (χ1v) is 8.91. The van der Waals surface area contributed by atoms with Crippen molar-refractivity contribution in [3.05, 3.63) is 28.7 Å². The molecule has 0 aromatic carbocycles. The largest absolute Gasteiger partial charge is 0.394 e. The van der Waals surface area contributed by atoms with Gasteiger partial charge in [-0.1, -0.05) is 6.07 Å². The first-order chi connectivity index (χ1) is 13.1. The third kappa shape index (κ3) is 3.24. The van der Waals surface area contributed by atoms with Gasteiger partial charge in [-0.15, -0.1) is 11.3 Å². The summed E-state index contributed by atoms with van der Waals surface area (Å²) in [4.78, 5) is 13.5. The number of fused-ring (bicyclic) bond motifs is 1. The molecule has 0 spiro atoms. The van der Waals surface area contributed by atoms with Crippen molar-refractivity contribution < 1.29 is 20.1 Å². The van der Waals surface area contributed by atoms with Crippen molar-refractivity contribution in [2.24, 2.45) is 5.10 Å². The second kappa shape index (κ2) is 7.17. The van der Waals surface area contributed by atoms with Gasteiger partial charge < -0.3 is 25.8 Å². The fourth-order valence-corrected chi connectivity index (χ4v) is 3.39. The Bertz CT molecular complexity index is 961. The molecule has 12 heteroatoms. The lowest BCUT2D eigenvalue weighted by atomic mass is 10.1. The Morgan fingerprint density at radius 1 is 1.37 bits per heavy atom. The standard InChI is InChI=1S/C15H17N7O4S/c16-12-9-13(20-15(19-12)21-18-4-7-2-1-3-27-7)22(6-17-9)14-11(25)10(24)8(5-23)26-14/h1-4,6,8,10-11,14,23-25H,5H2,(H3,16,19,20,21)/t8-,10-,11-,14-/m1/s1. The number of hydrazone groups is 1. The molecule has 3 aromatic heterocycles. The number of aromatic nitrogens is 4. The number of nitrogens with zero attached hydrogens (tertiary/aromatic N) is 5. The second-order valence-corrected chi connectivity index (χ2v) is 6.85. The molecule has 1 fully saturated rings. The van der Waals surface area contributed by atoms with Gasteiger partial charge in [0.25, 0.3) is 0 Å². The molecule has 4 heterocycles. The van der Waals surface area contributed by atoms with Crippen LogP contribution in [0.1, 0.15) is 11.1 Å². The quantitative estimate of drug-likeness (QED) is 0.285. The van der Waals surface area contributed by atoms with E-state index in [-0.39, 0.29) is 11.8 Å². The van der Waals surface area contributed by atoms with Crippen LogP contribution in [0.3, 0.4) is 0 Å². The van der Waals surface area contributed by atoms with Crippen LogP contribution in [0.5, 0.6) is 0 Å². The number of rotatable bonds is 5. The molecule has 4 rings (SSSR count). The predicted molar refractivity (Wildman–Crippen MR) is 98.3 cm³/mol. The summed E-state index contributed by atoms with van der Waals surface area (Å²) in [5, 5.41) is 35.4. The monoisotopic (exact) mass is 391 g/mol. The molecule has 0 unspecified atom stereocenters. The van der Waals surface area contributed by atoms with Gasteiger partial charge in [-0.05, 0) is 11.4 Å². The van der Waals surface area contributed by atoms with Gasteiger partial charge in [-0.25, -0.2) is 10.4 Å². The first kappa shape index (κ1) is 17.8. The smallest absolute Gasteiger partial charge is 0.247 e. The fraction of sp³-hybridized carbons (Fsp3) is 0.333. The zero-order chi connectivity index (χ0) is 19.0. The molecule has 3 aromatic rings. The highest BCUT2D eigenvalue weighted by atomic mass is 32.1. The van der Waals surface area contributed by atoms with Crippen molar-refractivity contribution >= 4 is 40.5 Å². The second-order valence-electron chi connectivity index (χ2n) is 5.87. The normalized spacial score (nSPS) is 25.6. The average molecular weight is 391 g/mol. The van der Waals surface area contributed by atoms with Gasteiger partial charge in [0.2, 0.25) is 5.95 Å². The molecule has 1 saturated heterocycles. The van der Waals surface area contributed by atoms with Crippen LogP contribution in [0.25, 0.3) is 11.2 Å². The maximum absolute atomic E-state index is 10.2. The Hall–Kier alpha value is -2.64. The molecule has 0 amide bonds. The third-order valence-corrected chi connectivity index (χ3v) is 4.95. The molecular weight excluding hydrogens is 374 g/mol. The molecule has 6 N–H and O–H groups in total. The van der Waals surface area contributed by atoms with Crippen molar-refractivity contribution in [3.8, 4) is 0 Å². The zero-order valence-electron chi connectivity index (χ0n) is 13.9. The highest BCUT2D eigenvalue weighted by Gasteiger charge is 2.44. The number of anilines is 2. The van der Waals surface area contributed by atoms with E-state index < -0.39 is 31.1 Å². The number of imidazole rings is 1. The van der Waals surface area contributed by atoms with E-state index in [4.69, 9.17) is 10.5 Å². The number of aliphatic hydroxyl groups is 3. The van der Waals surface area contributed by atoms with Crippen LogP contribution in [0, 0.1) is 0 Å².